The molecule has 4 N–H and O–H groups in total. The van der Waals surface area contributed by atoms with Crippen molar-refractivity contribution in [3.63, 3.8) is 0 Å². The van der Waals surface area contributed by atoms with Crippen LogP contribution in [-0.2, 0) is 9.59 Å². The monoisotopic (exact) mass is 263 g/mol. The molecule has 2 amide bonds. The van der Waals surface area contributed by atoms with E-state index in [-0.39, 0.29) is 42.1 Å². The van der Waals surface area contributed by atoms with E-state index in [2.05, 4.69) is 10.6 Å². The van der Waals surface area contributed by atoms with Gasteiger partial charge in [-0.15, -0.1) is 12.4 Å². The molecule has 0 heterocycles. The van der Waals surface area contributed by atoms with Crippen molar-refractivity contribution in [3.8, 4) is 0 Å². The summed E-state index contributed by atoms with van der Waals surface area (Å²) < 4.78 is 0. The van der Waals surface area contributed by atoms with Crippen molar-refractivity contribution in [3.05, 3.63) is 0 Å². The van der Waals surface area contributed by atoms with Gasteiger partial charge in [-0.2, -0.15) is 0 Å². The molecule has 0 aliphatic heterocycles. The van der Waals surface area contributed by atoms with Gasteiger partial charge in [0.25, 0.3) is 0 Å². The Morgan fingerprint density at radius 2 is 1.76 bits per heavy atom. The molecule has 1 rings (SSSR count). The highest BCUT2D eigenvalue weighted by Gasteiger charge is 2.29. The van der Waals surface area contributed by atoms with E-state index >= 15 is 0 Å². The number of halogens is 1. The van der Waals surface area contributed by atoms with Gasteiger partial charge in [0.2, 0.25) is 11.8 Å². The molecule has 0 aromatic carbocycles. The van der Waals surface area contributed by atoms with Gasteiger partial charge in [0.05, 0.1) is 0 Å². The first kappa shape index (κ1) is 16.2. The van der Waals surface area contributed by atoms with Crippen molar-refractivity contribution in [1.82, 2.24) is 10.6 Å². The first-order chi connectivity index (χ1) is 7.52. The number of carbonyl (C=O) groups excluding carboxylic acids is 2. The molecule has 6 heteroatoms. The number of nitrogens with one attached hydrogen (secondary N) is 2. The van der Waals surface area contributed by atoms with E-state index in [9.17, 15) is 9.59 Å². The topological polar surface area (TPSA) is 84.2 Å². The Bertz CT molecular complexity index is 267. The Morgan fingerprint density at radius 3 is 2.24 bits per heavy atom. The normalized spacial score (nSPS) is 17.6. The van der Waals surface area contributed by atoms with Crippen LogP contribution in [0.3, 0.4) is 0 Å². The molecule has 100 valence electrons. The molecule has 0 aromatic heterocycles. The van der Waals surface area contributed by atoms with Gasteiger partial charge in [0, 0.05) is 31.0 Å². The number of amides is 2. The van der Waals surface area contributed by atoms with Crippen LogP contribution in [0.2, 0.25) is 0 Å². The summed E-state index contributed by atoms with van der Waals surface area (Å²) in [5.41, 5.74) is 5.61. The minimum atomic E-state index is -0.195. The summed E-state index contributed by atoms with van der Waals surface area (Å²) in [6.07, 6.45) is 2.00. The van der Waals surface area contributed by atoms with E-state index < -0.39 is 0 Å². The van der Waals surface area contributed by atoms with E-state index in [1.165, 1.54) is 0 Å². The number of hydrogen-bond acceptors (Lipinski definition) is 3. The predicted octanol–water partition coefficient (Wildman–Crippen LogP) is 0.0339. The largest absolute Gasteiger partial charge is 0.354 e. The zero-order valence-corrected chi connectivity index (χ0v) is 11.2. The Hall–Kier alpha value is -0.810. The number of hydrogen-bond donors (Lipinski definition) is 3. The van der Waals surface area contributed by atoms with E-state index in [0.29, 0.717) is 13.1 Å². The van der Waals surface area contributed by atoms with Gasteiger partial charge in [-0.25, -0.2) is 0 Å². The van der Waals surface area contributed by atoms with Crippen molar-refractivity contribution in [2.24, 2.45) is 17.6 Å². The molecule has 1 fully saturated rings. The van der Waals surface area contributed by atoms with Crippen molar-refractivity contribution in [1.29, 1.82) is 0 Å². The molecule has 17 heavy (non-hydrogen) atoms. The second-order valence-electron chi connectivity index (χ2n) is 4.50. The van der Waals surface area contributed by atoms with Crippen LogP contribution in [0.15, 0.2) is 0 Å². The number of nitrogens with two attached hydrogens (primary N) is 1. The van der Waals surface area contributed by atoms with E-state index in [0.717, 1.165) is 12.8 Å². The quantitative estimate of drug-likeness (QED) is 0.592. The Labute approximate surface area is 108 Å². The first-order valence-electron chi connectivity index (χ1n) is 5.83. The second kappa shape index (κ2) is 7.50. The summed E-state index contributed by atoms with van der Waals surface area (Å²) in [5.74, 6) is 0.0722. The molecular weight excluding hydrogens is 242 g/mol. The van der Waals surface area contributed by atoms with E-state index in [1.54, 1.807) is 13.8 Å². The fourth-order valence-electron chi connectivity index (χ4n) is 1.26. The fourth-order valence-corrected chi connectivity index (χ4v) is 1.26. The lowest BCUT2D eigenvalue weighted by atomic mass is 10.0. The maximum Gasteiger partial charge on any atom is 0.224 e. The second-order valence-corrected chi connectivity index (χ2v) is 4.50. The summed E-state index contributed by atoms with van der Waals surface area (Å²) in [5, 5.41) is 5.53. The zero-order chi connectivity index (χ0) is 12.1. The third-order valence-electron chi connectivity index (χ3n) is 2.87. The number of rotatable bonds is 6. The summed E-state index contributed by atoms with van der Waals surface area (Å²) in [6, 6.07) is -0.152. The van der Waals surface area contributed by atoms with Crippen LogP contribution < -0.4 is 16.4 Å². The molecule has 2 unspecified atom stereocenters. The Kier molecular flexibility index (Phi) is 7.15. The van der Waals surface area contributed by atoms with E-state index in [4.69, 9.17) is 5.73 Å². The van der Waals surface area contributed by atoms with Gasteiger partial charge in [-0.3, -0.25) is 9.59 Å². The van der Waals surface area contributed by atoms with Crippen molar-refractivity contribution >= 4 is 24.2 Å². The van der Waals surface area contributed by atoms with Gasteiger partial charge in [0.15, 0.2) is 0 Å². The standard InChI is InChI=1S/C11H21N3O2.ClH/c1-7(8(2)12)10(15)13-5-6-14-11(16)9-3-4-9;/h7-9H,3-6,12H2,1-2H3,(H,13,15)(H,14,16);1H. The summed E-state index contributed by atoms with van der Waals surface area (Å²) in [4.78, 5) is 22.7. The molecular formula is C11H22ClN3O2. The Morgan fingerprint density at radius 1 is 1.24 bits per heavy atom. The van der Waals surface area contributed by atoms with Gasteiger partial charge in [0.1, 0.15) is 0 Å². The molecule has 1 aliphatic carbocycles. The van der Waals surface area contributed by atoms with Crippen LogP contribution in [0.25, 0.3) is 0 Å². The van der Waals surface area contributed by atoms with Crippen molar-refractivity contribution in [2.75, 3.05) is 13.1 Å². The molecule has 5 nitrogen and oxygen atoms in total. The Balaban J connectivity index is 0.00000256. The maximum absolute atomic E-state index is 11.5. The van der Waals surface area contributed by atoms with Crippen LogP contribution in [-0.4, -0.2) is 30.9 Å². The van der Waals surface area contributed by atoms with Crippen LogP contribution in [0.4, 0.5) is 0 Å². The highest BCUT2D eigenvalue weighted by atomic mass is 35.5. The molecule has 1 saturated carbocycles. The molecule has 0 spiro atoms. The third-order valence-corrected chi connectivity index (χ3v) is 2.87. The van der Waals surface area contributed by atoms with Crippen molar-refractivity contribution < 1.29 is 9.59 Å². The summed E-state index contributed by atoms with van der Waals surface area (Å²) in [7, 11) is 0. The predicted molar refractivity (Wildman–Crippen MR) is 68.8 cm³/mol. The maximum atomic E-state index is 11.5. The highest BCUT2D eigenvalue weighted by molar-refractivity contribution is 5.85. The zero-order valence-electron chi connectivity index (χ0n) is 10.4. The number of carbonyl (C=O) groups is 2. The average Bonchev–Trinajstić information content (AvgIpc) is 3.05. The van der Waals surface area contributed by atoms with Crippen molar-refractivity contribution in [2.45, 2.75) is 32.7 Å². The molecule has 0 saturated heterocycles. The van der Waals surface area contributed by atoms with Crippen LogP contribution in [0, 0.1) is 11.8 Å². The summed E-state index contributed by atoms with van der Waals surface area (Å²) in [6.45, 7) is 4.56. The minimum absolute atomic E-state index is 0. The molecule has 0 radical (unpaired) electrons. The molecule has 1 aliphatic rings. The van der Waals surface area contributed by atoms with Crippen LogP contribution in [0.5, 0.6) is 0 Å². The lowest BCUT2D eigenvalue weighted by Gasteiger charge is -2.15. The van der Waals surface area contributed by atoms with Gasteiger partial charge < -0.3 is 16.4 Å². The highest BCUT2D eigenvalue weighted by Crippen LogP contribution is 2.28. The van der Waals surface area contributed by atoms with Crippen LogP contribution >= 0.6 is 12.4 Å². The average molecular weight is 264 g/mol. The third kappa shape index (κ3) is 5.89. The lowest BCUT2D eigenvalue weighted by Crippen LogP contribution is -2.41. The van der Waals surface area contributed by atoms with E-state index in [1.807, 2.05) is 0 Å². The smallest absolute Gasteiger partial charge is 0.224 e. The van der Waals surface area contributed by atoms with Gasteiger partial charge in [-0.1, -0.05) is 6.92 Å². The minimum Gasteiger partial charge on any atom is -0.354 e. The van der Waals surface area contributed by atoms with Gasteiger partial charge >= 0.3 is 0 Å². The molecule has 0 bridgehead atoms. The first-order valence-corrected chi connectivity index (χ1v) is 5.83. The van der Waals surface area contributed by atoms with Crippen LogP contribution in [0.1, 0.15) is 26.7 Å². The lowest BCUT2D eigenvalue weighted by molar-refractivity contribution is -0.125. The molecule has 2 atom stereocenters. The molecule has 0 aromatic rings. The van der Waals surface area contributed by atoms with Gasteiger partial charge in [-0.05, 0) is 19.8 Å². The SMILES string of the molecule is CC(N)C(C)C(=O)NCCNC(=O)C1CC1.Cl. The summed E-state index contributed by atoms with van der Waals surface area (Å²) >= 11 is 0. The fraction of sp³-hybridized carbons (Fsp3) is 0.818.